The average Bonchev–Trinajstić information content (AvgIpc) is 2.27. The molecule has 5 heteroatoms. The van der Waals surface area contributed by atoms with Crippen molar-refractivity contribution in [3.05, 3.63) is 24.4 Å². The molecule has 1 heterocycles. The van der Waals surface area contributed by atoms with Crippen LogP contribution in [0.3, 0.4) is 0 Å². The lowest BCUT2D eigenvalue weighted by Crippen LogP contribution is -2.16. The largest absolute Gasteiger partial charge is 0.481 e. The molecule has 0 saturated heterocycles. The molecular formula is C11H14N2O3. The monoisotopic (exact) mass is 222 g/mol. The van der Waals surface area contributed by atoms with Crippen LogP contribution in [0.15, 0.2) is 24.4 Å². The van der Waals surface area contributed by atoms with Crippen LogP contribution in [-0.2, 0) is 9.59 Å². The zero-order chi connectivity index (χ0) is 12.0. The minimum atomic E-state index is -0.884. The Morgan fingerprint density at radius 2 is 2.25 bits per heavy atom. The fourth-order valence-corrected chi connectivity index (χ4v) is 1.11. The topological polar surface area (TPSA) is 79.3 Å². The van der Waals surface area contributed by atoms with E-state index in [2.05, 4.69) is 10.3 Å². The van der Waals surface area contributed by atoms with Gasteiger partial charge in [-0.05, 0) is 18.6 Å². The number of carboxylic acids is 1. The number of carboxylic acid groups (broad SMARTS) is 1. The summed E-state index contributed by atoms with van der Waals surface area (Å²) in [7, 11) is 0. The maximum absolute atomic E-state index is 11.4. The van der Waals surface area contributed by atoms with Gasteiger partial charge in [-0.2, -0.15) is 0 Å². The number of rotatable bonds is 5. The Labute approximate surface area is 93.5 Å². The summed E-state index contributed by atoms with van der Waals surface area (Å²) in [6.45, 7) is 1.58. The molecule has 1 rings (SSSR count). The third-order valence-electron chi connectivity index (χ3n) is 2.16. The third kappa shape index (κ3) is 4.08. The predicted molar refractivity (Wildman–Crippen MR) is 58.9 cm³/mol. The molecule has 1 atom stereocenters. The molecule has 0 saturated carbocycles. The van der Waals surface area contributed by atoms with Crippen LogP contribution in [0.2, 0.25) is 0 Å². The summed E-state index contributed by atoms with van der Waals surface area (Å²) in [5, 5.41) is 11.2. The second-order valence-electron chi connectivity index (χ2n) is 3.54. The van der Waals surface area contributed by atoms with Crippen molar-refractivity contribution in [2.75, 3.05) is 5.32 Å². The molecule has 0 radical (unpaired) electrons. The van der Waals surface area contributed by atoms with E-state index in [1.807, 2.05) is 0 Å². The van der Waals surface area contributed by atoms with Crippen LogP contribution < -0.4 is 5.32 Å². The first-order valence-electron chi connectivity index (χ1n) is 5.03. The van der Waals surface area contributed by atoms with Crippen molar-refractivity contribution in [3.8, 4) is 0 Å². The van der Waals surface area contributed by atoms with E-state index in [0.29, 0.717) is 12.2 Å². The number of carbonyl (C=O) groups is 2. The minimum Gasteiger partial charge on any atom is -0.481 e. The third-order valence-corrected chi connectivity index (χ3v) is 2.16. The summed E-state index contributed by atoms with van der Waals surface area (Å²) in [6, 6.07) is 5.20. The molecule has 0 spiro atoms. The molecule has 1 amide bonds. The zero-order valence-corrected chi connectivity index (χ0v) is 9.01. The van der Waals surface area contributed by atoms with E-state index in [1.54, 1.807) is 31.3 Å². The first kappa shape index (κ1) is 12.2. The first-order valence-corrected chi connectivity index (χ1v) is 5.03. The number of aliphatic carboxylic acids is 1. The number of pyridine rings is 1. The smallest absolute Gasteiger partial charge is 0.306 e. The van der Waals surface area contributed by atoms with Crippen LogP contribution in [0.1, 0.15) is 19.8 Å². The van der Waals surface area contributed by atoms with Crippen molar-refractivity contribution in [3.63, 3.8) is 0 Å². The summed E-state index contributed by atoms with van der Waals surface area (Å²) in [6.07, 6.45) is 2.09. The second-order valence-corrected chi connectivity index (χ2v) is 3.54. The van der Waals surface area contributed by atoms with Gasteiger partial charge >= 0.3 is 5.97 Å². The normalized spacial score (nSPS) is 11.8. The van der Waals surface area contributed by atoms with Gasteiger partial charge in [0.25, 0.3) is 0 Å². The van der Waals surface area contributed by atoms with Crippen molar-refractivity contribution >= 4 is 17.7 Å². The van der Waals surface area contributed by atoms with Crippen molar-refractivity contribution in [2.45, 2.75) is 19.8 Å². The van der Waals surface area contributed by atoms with Gasteiger partial charge in [0.1, 0.15) is 5.82 Å². The SMILES string of the molecule is CC(CCC(=O)Nc1ccccn1)C(=O)O. The van der Waals surface area contributed by atoms with E-state index in [1.165, 1.54) is 0 Å². The van der Waals surface area contributed by atoms with E-state index >= 15 is 0 Å². The van der Waals surface area contributed by atoms with Crippen LogP contribution in [0.5, 0.6) is 0 Å². The van der Waals surface area contributed by atoms with Crippen molar-refractivity contribution in [2.24, 2.45) is 5.92 Å². The highest BCUT2D eigenvalue weighted by Crippen LogP contribution is 2.07. The number of nitrogens with one attached hydrogen (secondary N) is 1. The molecule has 16 heavy (non-hydrogen) atoms. The fourth-order valence-electron chi connectivity index (χ4n) is 1.11. The molecule has 2 N–H and O–H groups in total. The maximum atomic E-state index is 11.4. The van der Waals surface area contributed by atoms with Gasteiger partial charge in [-0.3, -0.25) is 9.59 Å². The molecule has 0 aliphatic rings. The van der Waals surface area contributed by atoms with Gasteiger partial charge in [0, 0.05) is 12.6 Å². The number of hydrogen-bond donors (Lipinski definition) is 2. The Morgan fingerprint density at radius 3 is 2.81 bits per heavy atom. The molecule has 0 aromatic carbocycles. The average molecular weight is 222 g/mol. The van der Waals surface area contributed by atoms with Crippen LogP contribution in [0.4, 0.5) is 5.82 Å². The molecule has 0 aliphatic heterocycles. The molecular weight excluding hydrogens is 208 g/mol. The Morgan fingerprint density at radius 1 is 1.50 bits per heavy atom. The molecule has 1 unspecified atom stereocenters. The van der Waals surface area contributed by atoms with Gasteiger partial charge in [0.15, 0.2) is 0 Å². The Hall–Kier alpha value is -1.91. The number of anilines is 1. The predicted octanol–water partition coefficient (Wildman–Crippen LogP) is 1.52. The summed E-state index contributed by atoms with van der Waals surface area (Å²) >= 11 is 0. The second kappa shape index (κ2) is 5.85. The van der Waals surface area contributed by atoms with Gasteiger partial charge in [-0.25, -0.2) is 4.98 Å². The van der Waals surface area contributed by atoms with Crippen LogP contribution in [-0.4, -0.2) is 22.0 Å². The minimum absolute atomic E-state index is 0.185. The summed E-state index contributed by atoms with van der Waals surface area (Å²) in [4.78, 5) is 25.9. The molecule has 5 nitrogen and oxygen atoms in total. The number of aromatic nitrogens is 1. The lowest BCUT2D eigenvalue weighted by Gasteiger charge is -2.06. The van der Waals surface area contributed by atoms with Gasteiger partial charge < -0.3 is 10.4 Å². The zero-order valence-electron chi connectivity index (χ0n) is 9.01. The van der Waals surface area contributed by atoms with E-state index in [0.717, 1.165) is 0 Å². The van der Waals surface area contributed by atoms with Crippen molar-refractivity contribution in [1.29, 1.82) is 0 Å². The Balaban J connectivity index is 2.35. The summed E-state index contributed by atoms with van der Waals surface area (Å²) < 4.78 is 0. The molecule has 1 aromatic rings. The lowest BCUT2D eigenvalue weighted by molar-refractivity contribution is -0.141. The molecule has 0 aliphatic carbocycles. The maximum Gasteiger partial charge on any atom is 0.306 e. The van der Waals surface area contributed by atoms with E-state index in [4.69, 9.17) is 5.11 Å². The Kier molecular flexibility index (Phi) is 4.44. The fraction of sp³-hybridized carbons (Fsp3) is 0.364. The van der Waals surface area contributed by atoms with Crippen LogP contribution in [0, 0.1) is 5.92 Å². The number of nitrogens with zero attached hydrogens (tertiary/aromatic N) is 1. The molecule has 0 fully saturated rings. The Bertz CT molecular complexity index is 365. The number of hydrogen-bond acceptors (Lipinski definition) is 3. The van der Waals surface area contributed by atoms with Gasteiger partial charge in [0.2, 0.25) is 5.91 Å². The molecule has 0 bridgehead atoms. The quantitative estimate of drug-likeness (QED) is 0.791. The summed E-state index contributed by atoms with van der Waals surface area (Å²) in [5.41, 5.74) is 0. The highest BCUT2D eigenvalue weighted by Gasteiger charge is 2.12. The van der Waals surface area contributed by atoms with E-state index in [-0.39, 0.29) is 12.3 Å². The van der Waals surface area contributed by atoms with Gasteiger partial charge in [-0.15, -0.1) is 0 Å². The van der Waals surface area contributed by atoms with Crippen molar-refractivity contribution in [1.82, 2.24) is 4.98 Å². The highest BCUT2D eigenvalue weighted by molar-refractivity contribution is 5.89. The van der Waals surface area contributed by atoms with Crippen LogP contribution in [0.25, 0.3) is 0 Å². The van der Waals surface area contributed by atoms with Gasteiger partial charge in [0.05, 0.1) is 5.92 Å². The van der Waals surface area contributed by atoms with E-state index < -0.39 is 11.9 Å². The standard InChI is InChI=1S/C11H14N2O3/c1-8(11(15)16)5-6-10(14)13-9-4-2-3-7-12-9/h2-4,7-8H,5-6H2,1H3,(H,15,16)(H,12,13,14). The number of carbonyl (C=O) groups excluding carboxylic acids is 1. The molecule has 1 aromatic heterocycles. The van der Waals surface area contributed by atoms with Crippen LogP contribution >= 0.6 is 0 Å². The molecule has 86 valence electrons. The first-order chi connectivity index (χ1) is 7.59. The number of amides is 1. The van der Waals surface area contributed by atoms with Crippen molar-refractivity contribution < 1.29 is 14.7 Å². The van der Waals surface area contributed by atoms with Gasteiger partial charge in [-0.1, -0.05) is 13.0 Å². The van der Waals surface area contributed by atoms with E-state index in [9.17, 15) is 9.59 Å². The lowest BCUT2D eigenvalue weighted by atomic mass is 10.1. The highest BCUT2D eigenvalue weighted by atomic mass is 16.4. The summed E-state index contributed by atoms with van der Waals surface area (Å²) in [5.74, 6) is -1.12.